The maximum absolute atomic E-state index is 15.6. The quantitative estimate of drug-likeness (QED) is 0.273. The van der Waals surface area contributed by atoms with Gasteiger partial charge in [-0.2, -0.15) is 0 Å². The van der Waals surface area contributed by atoms with Crippen molar-refractivity contribution in [2.75, 3.05) is 18.5 Å². The predicted molar refractivity (Wildman–Crippen MR) is 149 cm³/mol. The van der Waals surface area contributed by atoms with Gasteiger partial charge in [0.1, 0.15) is 6.10 Å². The number of hydrogen-bond donors (Lipinski definition) is 3. The van der Waals surface area contributed by atoms with Crippen LogP contribution in [0.5, 0.6) is 0 Å². The monoisotopic (exact) mass is 544 g/mol. The zero-order valence-electron chi connectivity index (χ0n) is 22.8. The second-order valence-corrected chi connectivity index (χ2v) is 14.6. The van der Waals surface area contributed by atoms with Crippen LogP contribution >= 0.6 is 0 Å². The number of halogens is 1. The van der Waals surface area contributed by atoms with Gasteiger partial charge in [0.05, 0.1) is 25.2 Å². The molecule has 2 aromatic carbocycles. The van der Waals surface area contributed by atoms with Gasteiger partial charge < -0.3 is 29.3 Å². The summed E-state index contributed by atoms with van der Waals surface area (Å²) in [6.07, 6.45) is -0.402. The molecule has 208 valence electrons. The fourth-order valence-electron chi connectivity index (χ4n) is 5.45. The molecule has 1 aliphatic rings. The van der Waals surface area contributed by atoms with Gasteiger partial charge in [-0.1, -0.05) is 49.4 Å². The van der Waals surface area contributed by atoms with Crippen molar-refractivity contribution in [3.63, 3.8) is 0 Å². The summed E-state index contributed by atoms with van der Waals surface area (Å²) >= 11 is 0. The molecule has 2 aromatic rings. The first-order valence-electron chi connectivity index (χ1n) is 13.3. The van der Waals surface area contributed by atoms with E-state index in [0.29, 0.717) is 25.1 Å². The molecule has 1 saturated heterocycles. The minimum Gasteiger partial charge on any atom is -0.395 e. The van der Waals surface area contributed by atoms with E-state index < -0.39 is 26.5 Å². The van der Waals surface area contributed by atoms with E-state index in [1.54, 1.807) is 24.1 Å². The number of aryl methyl sites for hydroxylation is 1. The Morgan fingerprint density at radius 1 is 1.11 bits per heavy atom. The first kappa shape index (κ1) is 30.0. The van der Waals surface area contributed by atoms with Crippen molar-refractivity contribution in [3.8, 4) is 0 Å². The highest BCUT2D eigenvalue weighted by Crippen LogP contribution is 2.47. The molecule has 38 heavy (non-hydrogen) atoms. The molecule has 0 aliphatic carbocycles. The van der Waals surface area contributed by atoms with Crippen LogP contribution in [0.4, 0.5) is 9.80 Å². The molecule has 1 aliphatic heterocycles. The number of ether oxygens (including phenoxy) is 1. The maximum atomic E-state index is 15.6. The van der Waals surface area contributed by atoms with Gasteiger partial charge in [-0.3, -0.25) is 9.59 Å². The molecular weight excluding hydrogens is 503 g/mol. The molecule has 1 fully saturated rings. The lowest BCUT2D eigenvalue weighted by atomic mass is 9.95. The third-order valence-electron chi connectivity index (χ3n) is 7.30. The van der Waals surface area contributed by atoms with Crippen molar-refractivity contribution in [1.82, 2.24) is 4.90 Å². The van der Waals surface area contributed by atoms with Crippen LogP contribution in [0.25, 0.3) is 0 Å². The van der Waals surface area contributed by atoms with Gasteiger partial charge in [-0.05, 0) is 62.0 Å². The number of carbonyl (C=O) groups excluding carboxylic acids is 2. The summed E-state index contributed by atoms with van der Waals surface area (Å²) < 4.78 is 21.9. The van der Waals surface area contributed by atoms with E-state index in [1.807, 2.05) is 55.5 Å². The predicted octanol–water partition coefficient (Wildman–Crippen LogP) is 4.30. The van der Waals surface area contributed by atoms with Gasteiger partial charge in [0.25, 0.3) is 5.91 Å². The van der Waals surface area contributed by atoms with Crippen LogP contribution in [0.2, 0.25) is 18.6 Å². The molecule has 0 saturated carbocycles. The van der Waals surface area contributed by atoms with E-state index in [2.05, 4.69) is 5.32 Å². The molecule has 9 heteroatoms. The third kappa shape index (κ3) is 8.20. The van der Waals surface area contributed by atoms with E-state index in [9.17, 15) is 19.8 Å². The summed E-state index contributed by atoms with van der Waals surface area (Å²) in [5.41, 5.74) is 2.25. The number of aliphatic hydroxyl groups excluding tert-OH is 2. The second-order valence-electron chi connectivity index (χ2n) is 10.8. The van der Waals surface area contributed by atoms with E-state index in [0.717, 1.165) is 11.1 Å². The number of anilines is 1. The van der Waals surface area contributed by atoms with Gasteiger partial charge in [-0.15, -0.1) is 0 Å². The molecule has 0 spiro atoms. The molecule has 3 rings (SSSR count). The standard InChI is InChI=1S/C29H41FN2O5Si/c1-20-25(14-13-22-11-8-12-24(17-22)31-29(36)21(2)34)37-26(28(20)38(3,4)30)18-27(35)32(15-16-33)19-23-9-6-5-7-10-23/h5-12,17,20-21,25-26,28,33-34H,13-16,18-19H2,1-4H3,(H,31,36)/t20-,21-,25+,26-,28+/m0/s1. The Labute approximate surface area is 226 Å². The van der Waals surface area contributed by atoms with E-state index >= 15 is 4.11 Å². The van der Waals surface area contributed by atoms with Crippen molar-refractivity contribution in [3.05, 3.63) is 65.7 Å². The van der Waals surface area contributed by atoms with E-state index in [1.165, 1.54) is 6.92 Å². The first-order valence-corrected chi connectivity index (χ1v) is 16.3. The topological polar surface area (TPSA) is 99.1 Å². The Morgan fingerprint density at radius 3 is 2.42 bits per heavy atom. The number of rotatable bonds is 12. The van der Waals surface area contributed by atoms with Gasteiger partial charge in [-0.25, -0.2) is 0 Å². The average molecular weight is 545 g/mol. The maximum Gasteiger partial charge on any atom is 0.252 e. The summed E-state index contributed by atoms with van der Waals surface area (Å²) in [6.45, 7) is 7.24. The fourth-order valence-corrected chi connectivity index (χ4v) is 8.00. The highest BCUT2D eigenvalue weighted by Gasteiger charge is 2.51. The van der Waals surface area contributed by atoms with Crippen LogP contribution in [0, 0.1) is 5.92 Å². The van der Waals surface area contributed by atoms with Gasteiger partial charge >= 0.3 is 0 Å². The molecule has 5 atom stereocenters. The normalized spacial score (nSPS) is 22.2. The molecule has 3 N–H and O–H groups in total. The van der Waals surface area contributed by atoms with Crippen molar-refractivity contribution in [1.29, 1.82) is 0 Å². The van der Waals surface area contributed by atoms with Crippen LogP contribution in [-0.2, 0) is 27.3 Å². The molecule has 0 aromatic heterocycles. The first-order chi connectivity index (χ1) is 18.0. The zero-order valence-corrected chi connectivity index (χ0v) is 23.8. The van der Waals surface area contributed by atoms with Gasteiger partial charge in [0, 0.05) is 24.3 Å². The Kier molecular flexibility index (Phi) is 10.6. The summed E-state index contributed by atoms with van der Waals surface area (Å²) in [7, 11) is -3.15. The van der Waals surface area contributed by atoms with Crippen LogP contribution < -0.4 is 5.32 Å². The summed E-state index contributed by atoms with van der Waals surface area (Å²) in [5, 5.41) is 21.7. The molecular formula is C29H41FN2O5Si. The smallest absolute Gasteiger partial charge is 0.252 e. The number of hydrogen-bond acceptors (Lipinski definition) is 5. The number of benzene rings is 2. The Balaban J connectivity index is 1.68. The molecule has 1 heterocycles. The number of carbonyl (C=O) groups is 2. The Morgan fingerprint density at radius 2 is 1.79 bits per heavy atom. The summed E-state index contributed by atoms with van der Waals surface area (Å²) in [5.74, 6) is -0.661. The lowest BCUT2D eigenvalue weighted by Crippen LogP contribution is -2.40. The van der Waals surface area contributed by atoms with Crippen LogP contribution in [0.1, 0.15) is 37.8 Å². The number of amides is 2. The van der Waals surface area contributed by atoms with Gasteiger partial charge in [0.2, 0.25) is 14.3 Å². The van der Waals surface area contributed by atoms with Crippen molar-refractivity contribution in [2.24, 2.45) is 5.92 Å². The number of nitrogens with zero attached hydrogens (tertiary/aromatic N) is 1. The van der Waals surface area contributed by atoms with Crippen molar-refractivity contribution in [2.45, 2.75) is 76.6 Å². The van der Waals surface area contributed by atoms with Crippen molar-refractivity contribution < 1.29 is 28.6 Å². The van der Waals surface area contributed by atoms with E-state index in [4.69, 9.17) is 4.74 Å². The second kappa shape index (κ2) is 13.5. The van der Waals surface area contributed by atoms with Gasteiger partial charge in [0.15, 0.2) is 0 Å². The average Bonchev–Trinajstić information content (AvgIpc) is 3.18. The number of aliphatic hydroxyl groups is 2. The summed E-state index contributed by atoms with van der Waals surface area (Å²) in [4.78, 5) is 26.7. The van der Waals surface area contributed by atoms with Crippen molar-refractivity contribution >= 4 is 25.9 Å². The Hall–Kier alpha value is -2.59. The highest BCUT2D eigenvalue weighted by atomic mass is 28.4. The third-order valence-corrected chi connectivity index (χ3v) is 9.78. The number of nitrogens with one attached hydrogen (secondary N) is 1. The fraction of sp³-hybridized carbons (Fsp3) is 0.517. The zero-order chi connectivity index (χ0) is 27.9. The SMILES string of the molecule is C[C@@H]1[C@@H]([Si](C)(C)F)[C@H](CC(=O)N(CCO)Cc2ccccc2)O[C@@H]1CCc1cccc(NC(=O)[C@H](C)O)c1. The largest absolute Gasteiger partial charge is 0.395 e. The Bertz CT molecular complexity index is 1060. The molecule has 7 nitrogen and oxygen atoms in total. The van der Waals surface area contributed by atoms with Crippen LogP contribution in [0.15, 0.2) is 54.6 Å². The highest BCUT2D eigenvalue weighted by molar-refractivity contribution is 6.72. The lowest BCUT2D eigenvalue weighted by Gasteiger charge is -2.30. The minimum absolute atomic E-state index is 0.0435. The summed E-state index contributed by atoms with van der Waals surface area (Å²) in [6, 6.07) is 17.0. The van der Waals surface area contributed by atoms with Crippen LogP contribution in [-0.4, -0.2) is 66.8 Å². The molecule has 2 amide bonds. The van der Waals surface area contributed by atoms with Crippen LogP contribution in [0.3, 0.4) is 0 Å². The molecule has 0 unspecified atom stereocenters. The molecule has 0 radical (unpaired) electrons. The molecule has 0 bridgehead atoms. The minimum atomic E-state index is -3.15. The van der Waals surface area contributed by atoms with E-state index in [-0.39, 0.29) is 43.0 Å². The lowest BCUT2D eigenvalue weighted by molar-refractivity contribution is -0.135.